The number of phenols is 2. The van der Waals surface area contributed by atoms with Gasteiger partial charge in [-0.1, -0.05) is 56.1 Å². The second kappa shape index (κ2) is 9.35. The lowest BCUT2D eigenvalue weighted by Crippen LogP contribution is -2.27. The molecule has 4 aromatic rings. The van der Waals surface area contributed by atoms with E-state index in [0.717, 1.165) is 54.7 Å². The van der Waals surface area contributed by atoms with Crippen molar-refractivity contribution in [1.29, 1.82) is 0 Å². The van der Waals surface area contributed by atoms with Gasteiger partial charge in [-0.05, 0) is 57.9 Å². The summed E-state index contributed by atoms with van der Waals surface area (Å²) in [5, 5.41) is 31.6. The highest BCUT2D eigenvalue weighted by atomic mass is 79.9. The molecule has 4 N–H and O–H groups in total. The topological polar surface area (TPSA) is 64.5 Å². The highest BCUT2D eigenvalue weighted by Gasteiger charge is 2.09. The van der Waals surface area contributed by atoms with Crippen molar-refractivity contribution in [2.75, 3.05) is 13.1 Å². The quantitative estimate of drug-likeness (QED) is 0.228. The summed E-state index contributed by atoms with van der Waals surface area (Å²) in [7, 11) is 0. The van der Waals surface area contributed by atoms with E-state index in [2.05, 4.69) is 54.6 Å². The van der Waals surface area contributed by atoms with Crippen LogP contribution < -0.4 is 10.6 Å². The van der Waals surface area contributed by atoms with Crippen LogP contribution in [0.5, 0.6) is 11.5 Å². The van der Waals surface area contributed by atoms with E-state index in [1.807, 2.05) is 36.4 Å². The first-order chi connectivity index (χ1) is 14.5. The summed E-state index contributed by atoms with van der Waals surface area (Å²) in [6.45, 7) is 2.65. The number of halogens is 2. The molecule has 0 amide bonds. The minimum absolute atomic E-state index is 0.303. The summed E-state index contributed by atoms with van der Waals surface area (Å²) in [5.74, 6) is 0.606. The predicted molar refractivity (Wildman–Crippen MR) is 130 cm³/mol. The monoisotopic (exact) mass is 528 g/mol. The van der Waals surface area contributed by atoms with Crippen LogP contribution in [0.3, 0.4) is 0 Å². The Kier molecular flexibility index (Phi) is 6.58. The molecular formula is C24H22Br2N2O2. The number of phenolic OH excluding ortho intramolecular Hbond substituents is 2. The zero-order chi connectivity index (χ0) is 21.1. The van der Waals surface area contributed by atoms with Gasteiger partial charge >= 0.3 is 0 Å². The average molecular weight is 530 g/mol. The molecule has 0 aliphatic rings. The van der Waals surface area contributed by atoms with Crippen molar-refractivity contribution in [2.24, 2.45) is 0 Å². The maximum atomic E-state index is 10.3. The average Bonchev–Trinajstić information content (AvgIpc) is 2.73. The molecule has 0 saturated carbocycles. The standard InChI is InChI=1S/C24H22Br2N2O2/c25-17-3-5-19-15(11-17)1-7-23(29)21(19)13-27-9-10-28-14-22-20-6-4-18(26)12-16(20)2-8-24(22)30/h1-8,11-12,27-30H,9-10,13-14H2. The Balaban J connectivity index is 1.35. The van der Waals surface area contributed by atoms with Crippen LogP contribution in [0.15, 0.2) is 69.6 Å². The molecule has 0 aromatic heterocycles. The summed E-state index contributed by atoms with van der Waals surface area (Å²) in [5.41, 5.74) is 1.80. The maximum absolute atomic E-state index is 10.3. The van der Waals surface area contributed by atoms with Crippen LogP contribution in [-0.4, -0.2) is 23.3 Å². The van der Waals surface area contributed by atoms with E-state index in [9.17, 15) is 10.2 Å². The molecule has 0 bridgehead atoms. The molecule has 0 spiro atoms. The Bertz CT molecular complexity index is 1120. The Morgan fingerprint density at radius 1 is 0.600 bits per heavy atom. The van der Waals surface area contributed by atoms with Crippen molar-refractivity contribution in [3.05, 3.63) is 80.7 Å². The molecule has 6 heteroatoms. The largest absolute Gasteiger partial charge is 0.508 e. The molecule has 4 aromatic carbocycles. The Hall–Kier alpha value is -2.12. The van der Waals surface area contributed by atoms with Crippen LogP contribution in [0.25, 0.3) is 21.5 Å². The van der Waals surface area contributed by atoms with Gasteiger partial charge in [0, 0.05) is 46.3 Å². The maximum Gasteiger partial charge on any atom is 0.120 e. The van der Waals surface area contributed by atoms with Crippen LogP contribution in [0, 0.1) is 0 Å². The smallest absolute Gasteiger partial charge is 0.120 e. The van der Waals surface area contributed by atoms with Crippen molar-refractivity contribution in [3.63, 3.8) is 0 Å². The Morgan fingerprint density at radius 3 is 1.47 bits per heavy atom. The SMILES string of the molecule is Oc1ccc2cc(Br)ccc2c1CNCCNCc1c(O)ccc2cc(Br)ccc12. The van der Waals surface area contributed by atoms with Gasteiger partial charge in [0.2, 0.25) is 0 Å². The van der Waals surface area contributed by atoms with E-state index in [0.29, 0.717) is 24.6 Å². The van der Waals surface area contributed by atoms with Gasteiger partial charge < -0.3 is 20.8 Å². The lowest BCUT2D eigenvalue weighted by molar-refractivity contribution is 0.462. The molecule has 154 valence electrons. The van der Waals surface area contributed by atoms with E-state index in [-0.39, 0.29) is 0 Å². The zero-order valence-corrected chi connectivity index (χ0v) is 19.4. The van der Waals surface area contributed by atoms with Gasteiger partial charge in [0.25, 0.3) is 0 Å². The third kappa shape index (κ3) is 4.62. The summed E-state index contributed by atoms with van der Waals surface area (Å²) in [6, 6.07) is 19.5. The minimum atomic E-state index is 0.303. The Morgan fingerprint density at radius 2 is 1.03 bits per heavy atom. The third-order valence-corrected chi connectivity index (χ3v) is 6.21. The third-order valence-electron chi connectivity index (χ3n) is 5.22. The summed E-state index contributed by atoms with van der Waals surface area (Å²) < 4.78 is 2.04. The van der Waals surface area contributed by atoms with Gasteiger partial charge in [0.15, 0.2) is 0 Å². The Labute approximate surface area is 192 Å². The number of aromatic hydroxyl groups is 2. The lowest BCUT2D eigenvalue weighted by atomic mass is 10.0. The molecule has 0 heterocycles. The first-order valence-corrected chi connectivity index (χ1v) is 11.3. The second-order valence-electron chi connectivity index (χ2n) is 7.21. The molecule has 4 rings (SSSR count). The fourth-order valence-electron chi connectivity index (χ4n) is 3.68. The molecule has 0 aliphatic carbocycles. The van der Waals surface area contributed by atoms with Gasteiger partial charge in [-0.3, -0.25) is 0 Å². The molecule has 0 saturated heterocycles. The van der Waals surface area contributed by atoms with Gasteiger partial charge in [0.1, 0.15) is 11.5 Å². The number of fused-ring (bicyclic) bond motifs is 2. The van der Waals surface area contributed by atoms with E-state index in [1.54, 1.807) is 12.1 Å². The van der Waals surface area contributed by atoms with Gasteiger partial charge in [0.05, 0.1) is 0 Å². The van der Waals surface area contributed by atoms with Crippen molar-refractivity contribution in [1.82, 2.24) is 10.6 Å². The summed E-state index contributed by atoms with van der Waals surface area (Å²) in [6.07, 6.45) is 0. The number of nitrogens with one attached hydrogen (secondary N) is 2. The van der Waals surface area contributed by atoms with Crippen molar-refractivity contribution >= 4 is 53.4 Å². The first kappa shape index (κ1) is 21.1. The fourth-order valence-corrected chi connectivity index (χ4v) is 4.44. The summed E-state index contributed by atoms with van der Waals surface area (Å²) >= 11 is 6.99. The molecule has 0 aliphatic heterocycles. The van der Waals surface area contributed by atoms with Crippen LogP contribution in [0.2, 0.25) is 0 Å². The minimum Gasteiger partial charge on any atom is -0.508 e. The number of hydrogen-bond donors (Lipinski definition) is 4. The van der Waals surface area contributed by atoms with E-state index in [1.165, 1.54) is 0 Å². The van der Waals surface area contributed by atoms with Crippen molar-refractivity contribution < 1.29 is 10.2 Å². The van der Waals surface area contributed by atoms with Crippen molar-refractivity contribution in [2.45, 2.75) is 13.1 Å². The van der Waals surface area contributed by atoms with Crippen LogP contribution in [0.4, 0.5) is 0 Å². The van der Waals surface area contributed by atoms with E-state index in [4.69, 9.17) is 0 Å². The molecule has 0 atom stereocenters. The predicted octanol–water partition coefficient (Wildman–Crippen LogP) is 5.81. The molecule has 0 unspecified atom stereocenters. The number of hydrogen-bond acceptors (Lipinski definition) is 4. The molecule has 4 nitrogen and oxygen atoms in total. The molecule has 30 heavy (non-hydrogen) atoms. The van der Waals surface area contributed by atoms with E-state index < -0.39 is 0 Å². The highest BCUT2D eigenvalue weighted by molar-refractivity contribution is 9.10. The van der Waals surface area contributed by atoms with Gasteiger partial charge in [-0.15, -0.1) is 0 Å². The van der Waals surface area contributed by atoms with E-state index >= 15 is 0 Å². The molecule has 0 fully saturated rings. The number of rotatable bonds is 7. The molecule has 0 radical (unpaired) electrons. The van der Waals surface area contributed by atoms with Gasteiger partial charge in [-0.2, -0.15) is 0 Å². The highest BCUT2D eigenvalue weighted by Crippen LogP contribution is 2.30. The normalized spacial score (nSPS) is 11.4. The zero-order valence-electron chi connectivity index (χ0n) is 16.3. The molecular weight excluding hydrogens is 508 g/mol. The van der Waals surface area contributed by atoms with Gasteiger partial charge in [-0.25, -0.2) is 0 Å². The lowest BCUT2D eigenvalue weighted by Gasteiger charge is -2.13. The first-order valence-electron chi connectivity index (χ1n) is 9.74. The van der Waals surface area contributed by atoms with Crippen molar-refractivity contribution in [3.8, 4) is 11.5 Å². The number of benzene rings is 4. The summed E-state index contributed by atoms with van der Waals surface area (Å²) in [4.78, 5) is 0. The second-order valence-corrected chi connectivity index (χ2v) is 9.04. The van der Waals surface area contributed by atoms with Crippen LogP contribution in [-0.2, 0) is 13.1 Å². The van der Waals surface area contributed by atoms with Crippen LogP contribution in [0.1, 0.15) is 11.1 Å². The van der Waals surface area contributed by atoms with Crippen LogP contribution >= 0.6 is 31.9 Å². The fraction of sp³-hybridized carbons (Fsp3) is 0.167.